The van der Waals surface area contributed by atoms with Gasteiger partial charge < -0.3 is 9.88 Å². The Morgan fingerprint density at radius 2 is 2.12 bits per heavy atom. The van der Waals surface area contributed by atoms with Gasteiger partial charge in [0.1, 0.15) is 5.82 Å². The van der Waals surface area contributed by atoms with Gasteiger partial charge in [-0.25, -0.2) is 4.98 Å². The Labute approximate surface area is 207 Å². The van der Waals surface area contributed by atoms with E-state index in [1.54, 1.807) is 22.3 Å². The molecule has 0 saturated heterocycles. The van der Waals surface area contributed by atoms with E-state index < -0.39 is 0 Å². The Morgan fingerprint density at radius 1 is 1.24 bits per heavy atom. The van der Waals surface area contributed by atoms with Gasteiger partial charge in [-0.3, -0.25) is 9.59 Å². The predicted molar refractivity (Wildman–Crippen MR) is 135 cm³/mol. The Balaban J connectivity index is 1.23. The maximum atomic E-state index is 13.1. The lowest BCUT2D eigenvalue weighted by Gasteiger charge is -2.28. The molecule has 7 heteroatoms. The van der Waals surface area contributed by atoms with Crippen LogP contribution < -0.4 is 5.56 Å². The quantitative estimate of drug-likeness (QED) is 0.529. The summed E-state index contributed by atoms with van der Waals surface area (Å²) >= 11 is 7.84. The fraction of sp³-hybridized carbons (Fsp3) is 0.370. The van der Waals surface area contributed by atoms with E-state index in [2.05, 4.69) is 22.5 Å². The van der Waals surface area contributed by atoms with Crippen LogP contribution in [-0.4, -0.2) is 27.3 Å². The first-order valence-corrected chi connectivity index (χ1v) is 13.2. The number of rotatable bonds is 5. The van der Waals surface area contributed by atoms with Crippen molar-refractivity contribution in [1.82, 2.24) is 14.9 Å². The zero-order chi connectivity index (χ0) is 23.3. The van der Waals surface area contributed by atoms with Crippen LogP contribution in [0.1, 0.15) is 65.2 Å². The van der Waals surface area contributed by atoms with E-state index >= 15 is 0 Å². The molecule has 3 aliphatic rings. The maximum absolute atomic E-state index is 13.1. The Bertz CT molecular complexity index is 1370. The van der Waals surface area contributed by atoms with Crippen molar-refractivity contribution >= 4 is 34.4 Å². The first-order valence-electron chi connectivity index (χ1n) is 11.9. The average Bonchev–Trinajstić information content (AvgIpc) is 3.21. The highest BCUT2D eigenvalue weighted by molar-refractivity contribution is 7.10. The third-order valence-electron chi connectivity index (χ3n) is 7.35. The Hall–Kier alpha value is -2.70. The maximum Gasteiger partial charge on any atom is 0.256 e. The van der Waals surface area contributed by atoms with Crippen LogP contribution in [0, 0.1) is 0 Å². The Kier molecular flexibility index (Phi) is 5.46. The zero-order valence-electron chi connectivity index (χ0n) is 18.9. The number of thiophene rings is 1. The van der Waals surface area contributed by atoms with Gasteiger partial charge in [-0.15, -0.1) is 11.3 Å². The summed E-state index contributed by atoms with van der Waals surface area (Å²) in [4.78, 5) is 37.1. The van der Waals surface area contributed by atoms with Crippen molar-refractivity contribution in [2.24, 2.45) is 0 Å². The number of allylic oxidation sites excluding steroid dienone is 2. The highest BCUT2D eigenvalue weighted by atomic mass is 35.5. The molecule has 0 bridgehead atoms. The number of carbonyl (C=O) groups excluding carboxylic acids is 1. The summed E-state index contributed by atoms with van der Waals surface area (Å²) in [7, 11) is 0. The number of hydrogen-bond acceptors (Lipinski definition) is 4. The van der Waals surface area contributed by atoms with E-state index in [4.69, 9.17) is 16.6 Å². The topological polar surface area (TPSA) is 66.1 Å². The molecule has 34 heavy (non-hydrogen) atoms. The third-order valence-corrected chi connectivity index (χ3v) is 8.72. The van der Waals surface area contributed by atoms with Gasteiger partial charge in [-0.05, 0) is 72.4 Å². The molecule has 2 aliphatic carbocycles. The lowest BCUT2D eigenvalue weighted by atomic mass is 9.99. The van der Waals surface area contributed by atoms with Crippen LogP contribution in [0.3, 0.4) is 0 Å². The number of carbonyl (C=O) groups is 1. The number of benzene rings is 1. The van der Waals surface area contributed by atoms with E-state index in [9.17, 15) is 9.59 Å². The summed E-state index contributed by atoms with van der Waals surface area (Å²) in [5, 5.41) is 2.88. The van der Waals surface area contributed by atoms with Crippen molar-refractivity contribution in [3.05, 3.63) is 90.3 Å². The number of nitrogens with zero attached hydrogens (tertiary/aromatic N) is 2. The number of halogens is 1. The van der Waals surface area contributed by atoms with Crippen molar-refractivity contribution in [3.63, 3.8) is 0 Å². The molecule has 0 spiro atoms. The lowest BCUT2D eigenvalue weighted by molar-refractivity contribution is -0.131. The second-order valence-electron chi connectivity index (χ2n) is 9.62. The lowest BCUT2D eigenvalue weighted by Crippen LogP contribution is -2.41. The van der Waals surface area contributed by atoms with Crippen molar-refractivity contribution in [2.75, 3.05) is 6.54 Å². The van der Waals surface area contributed by atoms with E-state index in [1.165, 1.54) is 28.9 Å². The van der Waals surface area contributed by atoms with Crippen LogP contribution in [0.25, 0.3) is 5.57 Å². The molecular weight excluding hydrogens is 466 g/mol. The number of hydrogen-bond donors (Lipinski definition) is 1. The molecule has 5 nitrogen and oxygen atoms in total. The van der Waals surface area contributed by atoms with Gasteiger partial charge in [0, 0.05) is 22.9 Å². The SMILES string of the molecule is O=C(Cc1cccc(Cl)c1)N1CCc2nc(C3(c4cc(C5=CCCC5)cs4)CC3)[nH]c(=O)c2C1. The molecule has 1 N–H and O–H groups in total. The third kappa shape index (κ3) is 3.93. The first-order chi connectivity index (χ1) is 16.5. The highest BCUT2D eigenvalue weighted by Crippen LogP contribution is 2.54. The summed E-state index contributed by atoms with van der Waals surface area (Å²) in [6.07, 6.45) is 8.82. The average molecular weight is 492 g/mol. The molecule has 0 atom stereocenters. The molecule has 2 aromatic heterocycles. The van der Waals surface area contributed by atoms with Gasteiger partial charge in [0.25, 0.3) is 5.56 Å². The largest absolute Gasteiger partial charge is 0.337 e. The molecule has 3 heterocycles. The Morgan fingerprint density at radius 3 is 2.88 bits per heavy atom. The fourth-order valence-electron chi connectivity index (χ4n) is 5.21. The standard InChI is InChI=1S/C27H26ClN3O2S/c28-20-7-3-4-17(12-20)13-24(32)31-11-8-22-21(15-31)25(33)30-26(29-22)27(9-10-27)23-14-19(16-34-23)18-5-1-2-6-18/h3-5,7,12,14,16H,1-2,6,8-11,13,15H2,(H,29,30,33). The first kappa shape index (κ1) is 21.8. The van der Waals surface area contributed by atoms with Gasteiger partial charge in [0.15, 0.2) is 0 Å². The zero-order valence-corrected chi connectivity index (χ0v) is 20.5. The van der Waals surface area contributed by atoms with Gasteiger partial charge in [-0.2, -0.15) is 0 Å². The second-order valence-corrected chi connectivity index (χ2v) is 11.0. The molecule has 1 aliphatic heterocycles. The normalized spacial score (nSPS) is 18.5. The van der Waals surface area contributed by atoms with E-state index in [0.717, 1.165) is 36.3 Å². The minimum atomic E-state index is -0.157. The van der Waals surface area contributed by atoms with Crippen molar-refractivity contribution < 1.29 is 4.79 Å². The van der Waals surface area contributed by atoms with Crippen molar-refractivity contribution in [2.45, 2.75) is 56.9 Å². The summed E-state index contributed by atoms with van der Waals surface area (Å²) in [6.45, 7) is 0.883. The molecule has 1 saturated carbocycles. The van der Waals surface area contributed by atoms with E-state index in [-0.39, 0.29) is 23.3 Å². The number of H-pyrrole nitrogens is 1. The number of aromatic nitrogens is 2. The molecule has 174 valence electrons. The minimum Gasteiger partial charge on any atom is -0.337 e. The number of amides is 1. The minimum absolute atomic E-state index is 0.00221. The van der Waals surface area contributed by atoms with Crippen molar-refractivity contribution in [1.29, 1.82) is 0 Å². The highest BCUT2D eigenvalue weighted by Gasteiger charge is 2.50. The number of nitrogens with one attached hydrogen (secondary N) is 1. The van der Waals surface area contributed by atoms with Gasteiger partial charge >= 0.3 is 0 Å². The number of fused-ring (bicyclic) bond motifs is 1. The van der Waals surface area contributed by atoms with Crippen molar-refractivity contribution in [3.8, 4) is 0 Å². The predicted octanol–water partition coefficient (Wildman–Crippen LogP) is 5.26. The molecule has 6 rings (SSSR count). The van der Waals surface area contributed by atoms with E-state index in [0.29, 0.717) is 30.1 Å². The molecule has 0 unspecified atom stereocenters. The van der Waals surface area contributed by atoms with Crippen LogP contribution in [0.4, 0.5) is 0 Å². The van der Waals surface area contributed by atoms with Gasteiger partial charge in [0.2, 0.25) is 5.91 Å². The fourth-order valence-corrected chi connectivity index (χ4v) is 6.62. The summed E-state index contributed by atoms with van der Waals surface area (Å²) in [6, 6.07) is 9.67. The molecule has 1 amide bonds. The summed E-state index contributed by atoms with van der Waals surface area (Å²) in [5.41, 5.74) is 4.85. The number of aromatic amines is 1. The van der Waals surface area contributed by atoms with Crippen LogP contribution in [-0.2, 0) is 29.6 Å². The van der Waals surface area contributed by atoms with Crippen LogP contribution in [0.2, 0.25) is 5.02 Å². The second kappa shape index (κ2) is 8.51. The molecule has 0 radical (unpaired) electrons. The van der Waals surface area contributed by atoms with Gasteiger partial charge in [-0.1, -0.05) is 29.8 Å². The van der Waals surface area contributed by atoms with Gasteiger partial charge in [0.05, 0.1) is 29.6 Å². The van der Waals surface area contributed by atoms with Crippen LogP contribution >= 0.6 is 22.9 Å². The molecule has 1 fully saturated rings. The van der Waals surface area contributed by atoms with Crippen LogP contribution in [0.15, 0.2) is 46.6 Å². The van der Waals surface area contributed by atoms with Crippen LogP contribution in [0.5, 0.6) is 0 Å². The summed E-state index contributed by atoms with van der Waals surface area (Å²) < 4.78 is 0. The smallest absolute Gasteiger partial charge is 0.256 e. The van der Waals surface area contributed by atoms with E-state index in [1.807, 2.05) is 18.2 Å². The monoisotopic (exact) mass is 491 g/mol. The molecule has 3 aromatic rings. The molecule has 1 aromatic carbocycles. The molecular formula is C27H26ClN3O2S. The summed E-state index contributed by atoms with van der Waals surface area (Å²) in [5.74, 6) is 0.797.